The van der Waals surface area contributed by atoms with Crippen LogP contribution in [0.4, 0.5) is 0 Å². The van der Waals surface area contributed by atoms with Crippen LogP contribution in [0.15, 0.2) is 30.3 Å². The van der Waals surface area contributed by atoms with Crippen molar-refractivity contribution in [1.82, 2.24) is 10.2 Å². The number of nitrogens with zero attached hydrogens (tertiary/aromatic N) is 2. The Labute approximate surface area is 109 Å². The van der Waals surface area contributed by atoms with Gasteiger partial charge in [-0.05, 0) is 0 Å². The number of thioether (sulfide) groups is 1. The predicted octanol–water partition coefficient (Wildman–Crippen LogP) is 2.82. The van der Waals surface area contributed by atoms with Crippen LogP contribution in [0.2, 0.25) is 0 Å². The second-order valence-electron chi connectivity index (χ2n) is 3.67. The second kappa shape index (κ2) is 6.14. The lowest BCUT2D eigenvalue weighted by Crippen LogP contribution is -2.02. The molecule has 90 valence electrons. The van der Waals surface area contributed by atoms with Gasteiger partial charge in [0.15, 0.2) is 0 Å². The van der Waals surface area contributed by atoms with Crippen LogP contribution in [-0.4, -0.2) is 27.2 Å². The van der Waals surface area contributed by atoms with Crippen molar-refractivity contribution in [2.75, 3.05) is 6.61 Å². The van der Waals surface area contributed by atoms with E-state index in [1.165, 1.54) is 0 Å². The molecular weight excluding hydrogens is 252 g/mol. The van der Waals surface area contributed by atoms with Crippen LogP contribution in [0.3, 0.4) is 0 Å². The minimum atomic E-state index is 0.203. The van der Waals surface area contributed by atoms with Gasteiger partial charge < -0.3 is 5.11 Å². The van der Waals surface area contributed by atoms with E-state index in [-0.39, 0.29) is 11.9 Å². The van der Waals surface area contributed by atoms with Crippen LogP contribution in [0.25, 0.3) is 10.6 Å². The van der Waals surface area contributed by atoms with Gasteiger partial charge in [-0.25, -0.2) is 0 Å². The molecule has 1 aromatic carbocycles. The summed E-state index contributed by atoms with van der Waals surface area (Å²) in [6.45, 7) is 2.21. The van der Waals surface area contributed by atoms with Crippen molar-refractivity contribution >= 4 is 23.1 Å². The Morgan fingerprint density at radius 3 is 2.76 bits per heavy atom. The fourth-order valence-corrected chi connectivity index (χ4v) is 2.95. The minimum Gasteiger partial charge on any atom is -0.395 e. The highest BCUT2D eigenvalue weighted by atomic mass is 32.2. The topological polar surface area (TPSA) is 46.0 Å². The molecule has 0 fully saturated rings. The number of aliphatic hydroxyl groups is 1. The largest absolute Gasteiger partial charge is 0.395 e. The smallest absolute Gasteiger partial charge is 0.147 e. The Hall–Kier alpha value is -0.910. The average Bonchev–Trinajstić information content (AvgIpc) is 2.86. The second-order valence-corrected chi connectivity index (χ2v) is 6.16. The molecule has 0 saturated carbocycles. The van der Waals surface area contributed by atoms with Crippen molar-refractivity contribution < 1.29 is 5.11 Å². The normalized spacial score (nSPS) is 12.6. The third-order valence-corrected chi connectivity index (χ3v) is 4.55. The molecule has 1 heterocycles. The van der Waals surface area contributed by atoms with E-state index >= 15 is 0 Å². The zero-order chi connectivity index (χ0) is 12.1. The van der Waals surface area contributed by atoms with E-state index in [0.29, 0.717) is 0 Å². The fraction of sp³-hybridized carbons (Fsp3) is 0.333. The predicted molar refractivity (Wildman–Crippen MR) is 73.2 cm³/mol. The highest BCUT2D eigenvalue weighted by molar-refractivity contribution is 7.99. The van der Waals surface area contributed by atoms with Crippen molar-refractivity contribution in [2.24, 2.45) is 0 Å². The number of aliphatic hydroxyl groups excluding tert-OH is 1. The minimum absolute atomic E-state index is 0.203. The molecule has 0 unspecified atom stereocenters. The number of benzene rings is 1. The Bertz CT molecular complexity index is 459. The summed E-state index contributed by atoms with van der Waals surface area (Å²) in [5, 5.41) is 19.5. The third kappa shape index (κ3) is 3.52. The maximum absolute atomic E-state index is 8.94. The maximum atomic E-state index is 8.94. The lowest BCUT2D eigenvalue weighted by atomic mass is 10.2. The van der Waals surface area contributed by atoms with E-state index in [1.807, 2.05) is 37.3 Å². The van der Waals surface area contributed by atoms with Gasteiger partial charge >= 0.3 is 0 Å². The molecule has 2 rings (SSSR count). The SMILES string of the molecule is C[C@@H](CO)SCc1nnc(-c2ccccc2)s1. The molecule has 0 spiro atoms. The van der Waals surface area contributed by atoms with Gasteiger partial charge in [-0.2, -0.15) is 0 Å². The molecule has 1 N–H and O–H groups in total. The Kier molecular flexibility index (Phi) is 4.53. The standard InChI is InChI=1S/C12H14N2OS2/c1-9(7-15)16-8-11-13-14-12(17-11)10-5-3-2-4-6-10/h2-6,9,15H,7-8H2,1H3/t9-/m0/s1. The lowest BCUT2D eigenvalue weighted by Gasteiger charge is -2.03. The summed E-state index contributed by atoms with van der Waals surface area (Å²) in [5.41, 5.74) is 1.11. The van der Waals surface area contributed by atoms with Crippen LogP contribution in [-0.2, 0) is 5.75 Å². The first-order valence-electron chi connectivity index (χ1n) is 5.40. The molecule has 0 aliphatic heterocycles. The van der Waals surface area contributed by atoms with Crippen LogP contribution in [0.1, 0.15) is 11.9 Å². The molecule has 0 aliphatic rings. The van der Waals surface area contributed by atoms with Crippen LogP contribution < -0.4 is 0 Å². The highest BCUT2D eigenvalue weighted by Gasteiger charge is 2.08. The Balaban J connectivity index is 2.01. The van der Waals surface area contributed by atoms with E-state index in [4.69, 9.17) is 5.11 Å². The average molecular weight is 266 g/mol. The number of aromatic nitrogens is 2. The number of hydrogen-bond donors (Lipinski definition) is 1. The first-order chi connectivity index (χ1) is 8.29. The van der Waals surface area contributed by atoms with E-state index in [0.717, 1.165) is 21.3 Å². The monoisotopic (exact) mass is 266 g/mol. The molecule has 0 aliphatic carbocycles. The fourth-order valence-electron chi connectivity index (χ4n) is 1.28. The number of hydrogen-bond acceptors (Lipinski definition) is 5. The van der Waals surface area contributed by atoms with Gasteiger partial charge in [0.1, 0.15) is 10.0 Å². The van der Waals surface area contributed by atoms with E-state index < -0.39 is 0 Å². The summed E-state index contributed by atoms with van der Waals surface area (Å²) in [5.74, 6) is 0.812. The summed E-state index contributed by atoms with van der Waals surface area (Å²) in [6.07, 6.45) is 0. The molecule has 0 amide bonds. The first kappa shape index (κ1) is 12.5. The van der Waals surface area contributed by atoms with Crippen LogP contribution in [0, 0.1) is 0 Å². The third-order valence-electron chi connectivity index (χ3n) is 2.24. The maximum Gasteiger partial charge on any atom is 0.147 e. The summed E-state index contributed by atoms with van der Waals surface area (Å²) in [6, 6.07) is 10.1. The molecule has 5 heteroatoms. The number of rotatable bonds is 5. The molecule has 2 aromatic rings. The van der Waals surface area contributed by atoms with Gasteiger partial charge in [0.2, 0.25) is 0 Å². The molecule has 0 bridgehead atoms. The highest BCUT2D eigenvalue weighted by Crippen LogP contribution is 2.26. The zero-order valence-corrected chi connectivity index (χ0v) is 11.2. The van der Waals surface area contributed by atoms with E-state index in [2.05, 4.69) is 10.2 Å². The van der Waals surface area contributed by atoms with Crippen molar-refractivity contribution in [3.05, 3.63) is 35.3 Å². The van der Waals surface area contributed by atoms with E-state index in [1.54, 1.807) is 23.1 Å². The van der Waals surface area contributed by atoms with Crippen molar-refractivity contribution in [1.29, 1.82) is 0 Å². The molecule has 0 saturated heterocycles. The molecule has 3 nitrogen and oxygen atoms in total. The van der Waals surface area contributed by atoms with Gasteiger partial charge in [0.25, 0.3) is 0 Å². The van der Waals surface area contributed by atoms with Crippen molar-refractivity contribution in [2.45, 2.75) is 17.9 Å². The molecule has 0 radical (unpaired) electrons. The molecular formula is C12H14N2OS2. The summed E-state index contributed by atoms with van der Waals surface area (Å²) < 4.78 is 0. The quantitative estimate of drug-likeness (QED) is 0.904. The van der Waals surface area contributed by atoms with Gasteiger partial charge in [-0.15, -0.1) is 22.0 Å². The van der Waals surface area contributed by atoms with Gasteiger partial charge in [-0.1, -0.05) is 48.6 Å². The van der Waals surface area contributed by atoms with Gasteiger partial charge in [0, 0.05) is 16.6 Å². The molecule has 1 atom stereocenters. The van der Waals surface area contributed by atoms with Gasteiger partial charge in [0.05, 0.1) is 6.61 Å². The summed E-state index contributed by atoms with van der Waals surface area (Å²) >= 11 is 3.31. The first-order valence-corrected chi connectivity index (χ1v) is 7.26. The zero-order valence-electron chi connectivity index (χ0n) is 9.54. The molecule has 1 aromatic heterocycles. The van der Waals surface area contributed by atoms with Gasteiger partial charge in [-0.3, -0.25) is 0 Å². The van der Waals surface area contributed by atoms with E-state index in [9.17, 15) is 0 Å². The van der Waals surface area contributed by atoms with Crippen molar-refractivity contribution in [3.8, 4) is 10.6 Å². The molecule has 17 heavy (non-hydrogen) atoms. The van der Waals surface area contributed by atoms with Crippen molar-refractivity contribution in [3.63, 3.8) is 0 Å². The van der Waals surface area contributed by atoms with Crippen LogP contribution in [0.5, 0.6) is 0 Å². The van der Waals surface area contributed by atoms with Crippen LogP contribution >= 0.6 is 23.1 Å². The summed E-state index contributed by atoms with van der Waals surface area (Å²) in [4.78, 5) is 0. The Morgan fingerprint density at radius 2 is 2.06 bits per heavy atom. The lowest BCUT2D eigenvalue weighted by molar-refractivity contribution is 0.300. The summed E-state index contributed by atoms with van der Waals surface area (Å²) in [7, 11) is 0. The Morgan fingerprint density at radius 1 is 1.29 bits per heavy atom.